The Morgan fingerprint density at radius 1 is 1.30 bits per heavy atom. The van der Waals surface area contributed by atoms with Crippen LogP contribution in [0.15, 0.2) is 53.5 Å². The third-order valence-electron chi connectivity index (χ3n) is 3.30. The van der Waals surface area contributed by atoms with Crippen LogP contribution in [-0.4, -0.2) is 25.7 Å². The number of carbonyl (C=O) groups is 1. The standard InChI is InChI=1S/C16H14BrN5O/c1-2-22-10-19-21-15(22)11-4-3-5-14(7-11)20-16(23)12-6-13(17)9-18-8-12/h3-10H,2H2,1H3,(H,20,23). The van der Waals surface area contributed by atoms with Crippen LogP contribution >= 0.6 is 15.9 Å². The molecule has 3 aromatic rings. The van der Waals surface area contributed by atoms with Crippen molar-refractivity contribution in [3.63, 3.8) is 0 Å². The van der Waals surface area contributed by atoms with E-state index < -0.39 is 0 Å². The van der Waals surface area contributed by atoms with Crippen LogP contribution in [0.1, 0.15) is 17.3 Å². The summed E-state index contributed by atoms with van der Waals surface area (Å²) < 4.78 is 2.70. The molecule has 0 aliphatic carbocycles. The number of rotatable bonds is 4. The number of carbonyl (C=O) groups excluding carboxylic acids is 1. The third kappa shape index (κ3) is 3.45. The molecule has 0 saturated carbocycles. The average Bonchev–Trinajstić information content (AvgIpc) is 3.04. The van der Waals surface area contributed by atoms with Gasteiger partial charge in [-0.25, -0.2) is 0 Å². The van der Waals surface area contributed by atoms with Gasteiger partial charge in [0.25, 0.3) is 5.91 Å². The second kappa shape index (κ2) is 6.70. The Labute approximate surface area is 141 Å². The fraction of sp³-hybridized carbons (Fsp3) is 0.125. The Bertz CT molecular complexity index is 846. The van der Waals surface area contributed by atoms with Crippen LogP contribution in [0, 0.1) is 0 Å². The normalized spacial score (nSPS) is 10.5. The molecule has 116 valence electrons. The lowest BCUT2D eigenvalue weighted by Gasteiger charge is -2.08. The van der Waals surface area contributed by atoms with Gasteiger partial charge in [0.1, 0.15) is 6.33 Å². The summed E-state index contributed by atoms with van der Waals surface area (Å²) in [6.45, 7) is 2.81. The molecule has 0 aliphatic heterocycles. The third-order valence-corrected chi connectivity index (χ3v) is 3.74. The Hall–Kier alpha value is -2.54. The molecular weight excluding hydrogens is 358 g/mol. The first-order valence-corrected chi connectivity index (χ1v) is 7.87. The summed E-state index contributed by atoms with van der Waals surface area (Å²) in [6, 6.07) is 9.24. The van der Waals surface area contributed by atoms with Gasteiger partial charge in [0, 0.05) is 34.7 Å². The number of nitrogens with zero attached hydrogens (tertiary/aromatic N) is 4. The van der Waals surface area contributed by atoms with Gasteiger partial charge in [-0.1, -0.05) is 12.1 Å². The van der Waals surface area contributed by atoms with Crippen LogP contribution in [0.4, 0.5) is 5.69 Å². The maximum Gasteiger partial charge on any atom is 0.257 e. The van der Waals surface area contributed by atoms with Crippen LogP contribution in [0.5, 0.6) is 0 Å². The number of benzene rings is 1. The van der Waals surface area contributed by atoms with E-state index in [0.717, 1.165) is 22.4 Å². The molecule has 0 unspecified atom stereocenters. The van der Waals surface area contributed by atoms with Crippen LogP contribution < -0.4 is 5.32 Å². The van der Waals surface area contributed by atoms with Gasteiger partial charge in [-0.15, -0.1) is 10.2 Å². The van der Waals surface area contributed by atoms with Gasteiger partial charge in [-0.05, 0) is 41.1 Å². The molecule has 1 N–H and O–H groups in total. The largest absolute Gasteiger partial charge is 0.322 e. The number of aromatic nitrogens is 4. The second-order valence-corrected chi connectivity index (χ2v) is 5.78. The monoisotopic (exact) mass is 371 g/mol. The number of nitrogens with one attached hydrogen (secondary N) is 1. The maximum atomic E-state index is 12.3. The fourth-order valence-corrected chi connectivity index (χ4v) is 2.55. The molecule has 6 nitrogen and oxygen atoms in total. The lowest BCUT2D eigenvalue weighted by Crippen LogP contribution is -2.12. The van der Waals surface area contributed by atoms with E-state index in [1.807, 2.05) is 35.8 Å². The van der Waals surface area contributed by atoms with E-state index in [2.05, 4.69) is 36.4 Å². The van der Waals surface area contributed by atoms with Crippen LogP contribution in [-0.2, 0) is 6.54 Å². The predicted octanol–water partition coefficient (Wildman–Crippen LogP) is 3.37. The van der Waals surface area contributed by atoms with Crippen molar-refractivity contribution in [2.75, 3.05) is 5.32 Å². The summed E-state index contributed by atoms with van der Waals surface area (Å²) in [4.78, 5) is 16.3. The van der Waals surface area contributed by atoms with E-state index in [4.69, 9.17) is 0 Å². The highest BCUT2D eigenvalue weighted by Crippen LogP contribution is 2.21. The van der Waals surface area contributed by atoms with Gasteiger partial charge in [-0.2, -0.15) is 0 Å². The molecule has 0 aliphatic rings. The number of halogens is 1. The van der Waals surface area contributed by atoms with Gasteiger partial charge >= 0.3 is 0 Å². The molecule has 2 aromatic heterocycles. The van der Waals surface area contributed by atoms with Gasteiger partial charge in [0.15, 0.2) is 5.82 Å². The fourth-order valence-electron chi connectivity index (χ4n) is 2.19. The first-order chi connectivity index (χ1) is 11.2. The number of aryl methyl sites for hydroxylation is 1. The first-order valence-electron chi connectivity index (χ1n) is 7.07. The van der Waals surface area contributed by atoms with Gasteiger partial charge in [-0.3, -0.25) is 9.78 Å². The van der Waals surface area contributed by atoms with E-state index in [1.165, 1.54) is 6.20 Å². The van der Waals surface area contributed by atoms with Crippen molar-refractivity contribution in [3.8, 4) is 11.4 Å². The topological polar surface area (TPSA) is 72.7 Å². The van der Waals surface area contributed by atoms with E-state index >= 15 is 0 Å². The van der Waals surface area contributed by atoms with Gasteiger partial charge < -0.3 is 9.88 Å². The zero-order valence-corrected chi connectivity index (χ0v) is 14.0. The van der Waals surface area contributed by atoms with E-state index in [1.54, 1.807) is 18.6 Å². The highest BCUT2D eigenvalue weighted by Gasteiger charge is 2.10. The molecule has 23 heavy (non-hydrogen) atoms. The summed E-state index contributed by atoms with van der Waals surface area (Å²) in [5.41, 5.74) is 2.08. The zero-order chi connectivity index (χ0) is 16.2. The van der Waals surface area contributed by atoms with Crippen LogP contribution in [0.25, 0.3) is 11.4 Å². The molecule has 0 atom stereocenters. The smallest absolute Gasteiger partial charge is 0.257 e. The number of anilines is 1. The molecule has 0 saturated heterocycles. The molecule has 1 amide bonds. The van der Waals surface area contributed by atoms with E-state index in [0.29, 0.717) is 11.3 Å². The second-order valence-electron chi connectivity index (χ2n) is 4.87. The average molecular weight is 372 g/mol. The van der Waals surface area contributed by atoms with Crippen molar-refractivity contribution < 1.29 is 4.79 Å². The van der Waals surface area contributed by atoms with Gasteiger partial charge in [0.2, 0.25) is 0 Å². The van der Waals surface area contributed by atoms with Crippen LogP contribution in [0.3, 0.4) is 0 Å². The first kappa shape index (κ1) is 15.4. The summed E-state index contributed by atoms with van der Waals surface area (Å²) in [7, 11) is 0. The predicted molar refractivity (Wildman–Crippen MR) is 91.0 cm³/mol. The quantitative estimate of drug-likeness (QED) is 0.762. The maximum absolute atomic E-state index is 12.3. The number of amides is 1. The Morgan fingerprint density at radius 2 is 2.17 bits per heavy atom. The molecule has 0 spiro atoms. The molecule has 0 fully saturated rings. The summed E-state index contributed by atoms with van der Waals surface area (Å²) >= 11 is 3.31. The minimum atomic E-state index is -0.215. The summed E-state index contributed by atoms with van der Waals surface area (Å²) in [5.74, 6) is 0.556. The van der Waals surface area contributed by atoms with Crippen molar-refractivity contribution in [1.29, 1.82) is 0 Å². The van der Waals surface area contributed by atoms with Crippen molar-refractivity contribution in [2.45, 2.75) is 13.5 Å². The molecule has 0 bridgehead atoms. The Morgan fingerprint density at radius 3 is 2.96 bits per heavy atom. The highest BCUT2D eigenvalue weighted by atomic mass is 79.9. The number of hydrogen-bond acceptors (Lipinski definition) is 4. The number of hydrogen-bond donors (Lipinski definition) is 1. The van der Waals surface area contributed by atoms with Crippen molar-refractivity contribution in [1.82, 2.24) is 19.7 Å². The number of pyridine rings is 1. The highest BCUT2D eigenvalue weighted by molar-refractivity contribution is 9.10. The van der Waals surface area contributed by atoms with Crippen molar-refractivity contribution in [3.05, 3.63) is 59.1 Å². The lowest BCUT2D eigenvalue weighted by atomic mass is 10.1. The molecule has 1 aromatic carbocycles. The molecule has 0 radical (unpaired) electrons. The van der Waals surface area contributed by atoms with Crippen molar-refractivity contribution in [2.24, 2.45) is 0 Å². The van der Waals surface area contributed by atoms with Crippen molar-refractivity contribution >= 4 is 27.5 Å². The van der Waals surface area contributed by atoms with Crippen LogP contribution in [0.2, 0.25) is 0 Å². The van der Waals surface area contributed by atoms with Gasteiger partial charge in [0.05, 0.1) is 5.56 Å². The summed E-state index contributed by atoms with van der Waals surface area (Å²) in [6.07, 6.45) is 4.85. The zero-order valence-electron chi connectivity index (χ0n) is 12.4. The molecule has 3 rings (SSSR count). The molecule has 2 heterocycles. The lowest BCUT2D eigenvalue weighted by molar-refractivity contribution is 0.102. The minimum absolute atomic E-state index is 0.215. The summed E-state index contributed by atoms with van der Waals surface area (Å²) in [5, 5.41) is 10.9. The molecule has 7 heteroatoms. The SMILES string of the molecule is CCn1cnnc1-c1cccc(NC(=O)c2cncc(Br)c2)c1. The Kier molecular flexibility index (Phi) is 4.47. The minimum Gasteiger partial charge on any atom is -0.322 e. The Balaban J connectivity index is 1.84. The van der Waals surface area contributed by atoms with E-state index in [-0.39, 0.29) is 5.91 Å². The van der Waals surface area contributed by atoms with E-state index in [9.17, 15) is 4.79 Å². The molecular formula is C16H14BrN5O.